The van der Waals surface area contributed by atoms with Crippen LogP contribution in [0.3, 0.4) is 0 Å². The van der Waals surface area contributed by atoms with Gasteiger partial charge in [-0.3, -0.25) is 0 Å². The van der Waals surface area contributed by atoms with Crippen LogP contribution in [0.1, 0.15) is 51.2 Å². The summed E-state index contributed by atoms with van der Waals surface area (Å²) in [7, 11) is 0. The number of halogens is 1. The second-order valence-electron chi connectivity index (χ2n) is 6.39. The number of nitriles is 1. The van der Waals surface area contributed by atoms with E-state index in [9.17, 15) is 14.8 Å². The molecular weight excluding hydrogens is 241 g/mol. The monoisotopic (exact) mass is 261 g/mol. The van der Waals surface area contributed by atoms with Crippen LogP contribution in [-0.4, -0.2) is 5.11 Å². The summed E-state index contributed by atoms with van der Waals surface area (Å²) in [5.74, 6) is -0.374. The summed E-state index contributed by atoms with van der Waals surface area (Å²) < 4.78 is 13.3. The standard InChI is InChI=1S/C16H20FNO/c1-15(2)6-8-16(11-18,9-7-15)14(19)12-4-3-5-13(17)10-12/h3-5,10,14,19H,6-9H2,1-2H3. The van der Waals surface area contributed by atoms with E-state index in [-0.39, 0.29) is 11.2 Å². The summed E-state index contributed by atoms with van der Waals surface area (Å²) in [6.07, 6.45) is 2.23. The first-order chi connectivity index (χ1) is 8.88. The maximum Gasteiger partial charge on any atom is 0.123 e. The van der Waals surface area contributed by atoms with Gasteiger partial charge in [0.15, 0.2) is 0 Å². The molecule has 1 aromatic carbocycles. The van der Waals surface area contributed by atoms with Crippen LogP contribution < -0.4 is 0 Å². The van der Waals surface area contributed by atoms with Gasteiger partial charge in [-0.05, 0) is 48.8 Å². The number of rotatable bonds is 2. The Kier molecular flexibility index (Phi) is 3.64. The van der Waals surface area contributed by atoms with Crippen molar-refractivity contribution in [2.75, 3.05) is 0 Å². The van der Waals surface area contributed by atoms with Crippen LogP contribution >= 0.6 is 0 Å². The van der Waals surface area contributed by atoms with Crippen LogP contribution in [0.15, 0.2) is 24.3 Å². The number of benzene rings is 1. The average molecular weight is 261 g/mol. The summed E-state index contributed by atoms with van der Waals surface area (Å²) in [6, 6.07) is 8.23. The van der Waals surface area contributed by atoms with Gasteiger partial charge in [-0.15, -0.1) is 0 Å². The summed E-state index contributed by atoms with van der Waals surface area (Å²) in [6.45, 7) is 4.37. The molecule has 0 bridgehead atoms. The third kappa shape index (κ3) is 2.79. The molecule has 1 saturated carbocycles. The number of aliphatic hydroxyl groups excluding tert-OH is 1. The lowest BCUT2D eigenvalue weighted by Gasteiger charge is -2.42. The second-order valence-corrected chi connectivity index (χ2v) is 6.39. The van der Waals surface area contributed by atoms with Gasteiger partial charge < -0.3 is 5.11 Å². The molecule has 0 aromatic heterocycles. The van der Waals surface area contributed by atoms with Crippen molar-refractivity contribution in [3.8, 4) is 6.07 Å². The molecule has 0 amide bonds. The fraction of sp³-hybridized carbons (Fsp3) is 0.562. The molecule has 2 nitrogen and oxygen atoms in total. The molecule has 0 spiro atoms. The molecule has 3 heteroatoms. The van der Waals surface area contributed by atoms with Gasteiger partial charge in [0.2, 0.25) is 0 Å². The Hall–Kier alpha value is -1.40. The lowest BCUT2D eigenvalue weighted by molar-refractivity contribution is 0.00939. The molecule has 1 aliphatic rings. The zero-order chi connectivity index (χ0) is 14.1. The van der Waals surface area contributed by atoms with E-state index in [4.69, 9.17) is 0 Å². The highest BCUT2D eigenvalue weighted by molar-refractivity contribution is 5.24. The van der Waals surface area contributed by atoms with E-state index < -0.39 is 11.5 Å². The van der Waals surface area contributed by atoms with Crippen molar-refractivity contribution in [1.82, 2.24) is 0 Å². The Balaban J connectivity index is 2.26. The SMILES string of the molecule is CC1(C)CCC(C#N)(C(O)c2cccc(F)c2)CC1. The first kappa shape index (κ1) is 14.0. The normalized spacial score (nSPS) is 22.5. The largest absolute Gasteiger partial charge is 0.387 e. The topological polar surface area (TPSA) is 44.0 Å². The van der Waals surface area contributed by atoms with Gasteiger partial charge in [-0.25, -0.2) is 4.39 Å². The first-order valence-corrected chi connectivity index (χ1v) is 6.73. The van der Waals surface area contributed by atoms with Crippen molar-refractivity contribution in [3.05, 3.63) is 35.6 Å². The van der Waals surface area contributed by atoms with Crippen molar-refractivity contribution in [2.24, 2.45) is 10.8 Å². The lowest BCUT2D eigenvalue weighted by Crippen LogP contribution is -2.35. The quantitative estimate of drug-likeness (QED) is 0.875. The maximum absolute atomic E-state index is 13.3. The van der Waals surface area contributed by atoms with Gasteiger partial charge in [0.05, 0.1) is 17.6 Å². The minimum absolute atomic E-state index is 0.224. The molecule has 1 fully saturated rings. The van der Waals surface area contributed by atoms with E-state index >= 15 is 0 Å². The molecule has 1 aromatic rings. The Bertz CT molecular complexity index is 494. The van der Waals surface area contributed by atoms with Gasteiger partial charge in [0.1, 0.15) is 5.82 Å². The van der Waals surface area contributed by atoms with Crippen molar-refractivity contribution >= 4 is 0 Å². The van der Waals surface area contributed by atoms with Crippen LogP contribution in [0.2, 0.25) is 0 Å². The lowest BCUT2D eigenvalue weighted by atomic mass is 9.62. The summed E-state index contributed by atoms with van der Waals surface area (Å²) in [5.41, 5.74) is -0.0491. The van der Waals surface area contributed by atoms with Crippen LogP contribution in [0.4, 0.5) is 4.39 Å². The van der Waals surface area contributed by atoms with Crippen LogP contribution in [-0.2, 0) is 0 Å². The Morgan fingerprint density at radius 2 is 1.89 bits per heavy atom. The van der Waals surface area contributed by atoms with Gasteiger partial charge >= 0.3 is 0 Å². The van der Waals surface area contributed by atoms with Crippen LogP contribution in [0.5, 0.6) is 0 Å². The molecule has 19 heavy (non-hydrogen) atoms. The molecule has 2 rings (SSSR count). The van der Waals surface area contributed by atoms with Crippen molar-refractivity contribution in [2.45, 2.75) is 45.6 Å². The number of aliphatic hydroxyl groups is 1. The zero-order valence-corrected chi connectivity index (χ0v) is 11.5. The number of nitrogens with zero attached hydrogens (tertiary/aromatic N) is 1. The first-order valence-electron chi connectivity index (χ1n) is 6.73. The van der Waals surface area contributed by atoms with Gasteiger partial charge in [-0.1, -0.05) is 26.0 Å². The molecule has 0 radical (unpaired) electrons. The van der Waals surface area contributed by atoms with E-state index in [2.05, 4.69) is 19.9 Å². The molecule has 102 valence electrons. The summed E-state index contributed by atoms with van der Waals surface area (Å²) in [5, 5.41) is 20.0. The fourth-order valence-electron chi connectivity index (χ4n) is 2.81. The highest BCUT2D eigenvalue weighted by Crippen LogP contribution is 2.50. The number of hydrogen-bond acceptors (Lipinski definition) is 2. The predicted molar refractivity (Wildman–Crippen MR) is 71.7 cm³/mol. The molecule has 0 aliphatic heterocycles. The number of hydrogen-bond donors (Lipinski definition) is 1. The van der Waals surface area contributed by atoms with Gasteiger partial charge in [0, 0.05) is 0 Å². The third-order valence-electron chi connectivity index (χ3n) is 4.41. The summed E-state index contributed by atoms with van der Waals surface area (Å²) >= 11 is 0. The zero-order valence-electron chi connectivity index (χ0n) is 11.5. The minimum Gasteiger partial charge on any atom is -0.387 e. The van der Waals surface area contributed by atoms with Crippen molar-refractivity contribution < 1.29 is 9.50 Å². The van der Waals surface area contributed by atoms with E-state index in [1.807, 2.05) is 0 Å². The smallest absolute Gasteiger partial charge is 0.123 e. The van der Waals surface area contributed by atoms with Crippen molar-refractivity contribution in [1.29, 1.82) is 5.26 Å². The van der Waals surface area contributed by atoms with E-state index in [1.165, 1.54) is 12.1 Å². The molecule has 1 aliphatic carbocycles. The Morgan fingerprint density at radius 3 is 2.42 bits per heavy atom. The highest BCUT2D eigenvalue weighted by atomic mass is 19.1. The minimum atomic E-state index is -0.913. The van der Waals surface area contributed by atoms with Gasteiger partial charge in [0.25, 0.3) is 0 Å². The second kappa shape index (κ2) is 4.94. The Morgan fingerprint density at radius 1 is 1.26 bits per heavy atom. The fourth-order valence-corrected chi connectivity index (χ4v) is 2.81. The van der Waals surface area contributed by atoms with E-state index in [1.54, 1.807) is 12.1 Å². The van der Waals surface area contributed by atoms with Gasteiger partial charge in [-0.2, -0.15) is 5.26 Å². The van der Waals surface area contributed by atoms with Crippen LogP contribution in [0, 0.1) is 28.0 Å². The van der Waals surface area contributed by atoms with E-state index in [0.717, 1.165) is 12.8 Å². The average Bonchev–Trinajstić information content (AvgIpc) is 2.39. The predicted octanol–water partition coefficient (Wildman–Crippen LogP) is 3.97. The molecular formula is C16H20FNO. The maximum atomic E-state index is 13.3. The molecule has 1 unspecified atom stereocenters. The molecule has 0 heterocycles. The summed E-state index contributed by atoms with van der Waals surface area (Å²) in [4.78, 5) is 0. The third-order valence-corrected chi connectivity index (χ3v) is 4.41. The highest BCUT2D eigenvalue weighted by Gasteiger charge is 2.44. The van der Waals surface area contributed by atoms with Crippen LogP contribution in [0.25, 0.3) is 0 Å². The molecule has 1 atom stereocenters. The molecule has 0 saturated heterocycles. The van der Waals surface area contributed by atoms with E-state index in [0.29, 0.717) is 18.4 Å². The van der Waals surface area contributed by atoms with Crippen molar-refractivity contribution in [3.63, 3.8) is 0 Å². The molecule has 1 N–H and O–H groups in total. The Labute approximate surface area is 113 Å².